The first kappa shape index (κ1) is 22.5. The fourth-order valence-corrected chi connectivity index (χ4v) is 5.03. The standard InChI is InChI=1S/C27H32FN5O/c1-17(28)15-33-24-14-23(34-4)8-7-21(24)12-25(33)27-19(3)32-11-9-20(13-26(32)30-27)18(2)31-10-5-6-22(29)16-31/h7-9,11-14,17,22H,2,5-6,10,15-16,29H2,1,3-4H3/t17?,22-/m1/s1. The molecule has 2 N–H and O–H groups in total. The van der Waals surface area contributed by atoms with Crippen molar-refractivity contribution in [2.75, 3.05) is 20.2 Å². The third-order valence-electron chi connectivity index (χ3n) is 6.83. The van der Waals surface area contributed by atoms with E-state index in [0.717, 1.165) is 76.6 Å². The quantitative estimate of drug-likeness (QED) is 0.438. The van der Waals surface area contributed by atoms with Crippen LogP contribution in [-0.4, -0.2) is 51.3 Å². The Morgan fingerprint density at radius 1 is 1.29 bits per heavy atom. The molecule has 6 nitrogen and oxygen atoms in total. The van der Waals surface area contributed by atoms with Crippen molar-refractivity contribution in [3.05, 3.63) is 60.4 Å². The van der Waals surface area contributed by atoms with Gasteiger partial charge in [0.1, 0.15) is 23.3 Å². The molecular formula is C27H32FN5O. The first-order valence-corrected chi connectivity index (χ1v) is 11.9. The Morgan fingerprint density at radius 2 is 2.12 bits per heavy atom. The van der Waals surface area contributed by atoms with Crippen LogP contribution in [0.1, 0.15) is 31.0 Å². The maximum Gasteiger partial charge on any atom is 0.138 e. The molecule has 0 saturated carbocycles. The molecule has 1 fully saturated rings. The van der Waals surface area contributed by atoms with Crippen molar-refractivity contribution in [2.45, 2.75) is 45.4 Å². The van der Waals surface area contributed by atoms with Gasteiger partial charge in [0.2, 0.25) is 0 Å². The molecule has 4 aromatic rings. The summed E-state index contributed by atoms with van der Waals surface area (Å²) in [6, 6.07) is 12.3. The number of nitrogens with two attached hydrogens (primary N) is 1. The molecule has 0 amide bonds. The van der Waals surface area contributed by atoms with E-state index in [1.165, 1.54) is 0 Å². The van der Waals surface area contributed by atoms with Gasteiger partial charge in [-0.15, -0.1) is 0 Å². The number of fused-ring (bicyclic) bond motifs is 2. The van der Waals surface area contributed by atoms with Gasteiger partial charge in [0.05, 0.1) is 24.9 Å². The number of hydrogen-bond donors (Lipinski definition) is 1. The molecule has 2 atom stereocenters. The number of aromatic nitrogens is 3. The highest BCUT2D eigenvalue weighted by atomic mass is 19.1. The topological polar surface area (TPSA) is 60.7 Å². The number of benzene rings is 1. The van der Waals surface area contributed by atoms with Gasteiger partial charge in [-0.1, -0.05) is 6.58 Å². The van der Waals surface area contributed by atoms with Gasteiger partial charge in [-0.25, -0.2) is 9.37 Å². The van der Waals surface area contributed by atoms with Crippen molar-refractivity contribution < 1.29 is 9.13 Å². The van der Waals surface area contributed by atoms with E-state index in [9.17, 15) is 4.39 Å². The lowest BCUT2D eigenvalue weighted by Gasteiger charge is -2.34. The number of hydrogen-bond acceptors (Lipinski definition) is 4. The van der Waals surface area contributed by atoms with E-state index in [1.54, 1.807) is 14.0 Å². The summed E-state index contributed by atoms with van der Waals surface area (Å²) in [6.45, 7) is 10.0. The Labute approximate surface area is 199 Å². The fraction of sp³-hybridized carbons (Fsp3) is 0.370. The summed E-state index contributed by atoms with van der Waals surface area (Å²) in [5.74, 6) is 0.747. The Hall–Kier alpha value is -3.32. The molecule has 1 aliphatic rings. The van der Waals surface area contributed by atoms with Gasteiger partial charge in [0.25, 0.3) is 0 Å². The predicted molar refractivity (Wildman–Crippen MR) is 136 cm³/mol. The third-order valence-corrected chi connectivity index (χ3v) is 6.83. The largest absolute Gasteiger partial charge is 0.497 e. The maximum absolute atomic E-state index is 14.2. The van der Waals surface area contributed by atoms with Gasteiger partial charge in [-0.05, 0) is 57.0 Å². The van der Waals surface area contributed by atoms with Crippen molar-refractivity contribution >= 4 is 22.2 Å². The summed E-state index contributed by atoms with van der Waals surface area (Å²) in [5.41, 5.74) is 12.7. The summed E-state index contributed by atoms with van der Waals surface area (Å²) >= 11 is 0. The number of imidazole rings is 1. The third kappa shape index (κ3) is 3.94. The number of nitrogens with zero attached hydrogens (tertiary/aromatic N) is 4. The smallest absolute Gasteiger partial charge is 0.138 e. The summed E-state index contributed by atoms with van der Waals surface area (Å²) in [5, 5.41) is 1.03. The lowest BCUT2D eigenvalue weighted by atomic mass is 10.0. The van der Waals surface area contributed by atoms with Gasteiger partial charge in [-0.2, -0.15) is 0 Å². The molecule has 1 aliphatic heterocycles. The van der Waals surface area contributed by atoms with Crippen LogP contribution in [0.4, 0.5) is 4.39 Å². The van der Waals surface area contributed by atoms with E-state index in [2.05, 4.69) is 41.0 Å². The molecule has 7 heteroatoms. The van der Waals surface area contributed by atoms with Crippen LogP contribution in [0.25, 0.3) is 33.6 Å². The van der Waals surface area contributed by atoms with E-state index < -0.39 is 6.17 Å². The van der Waals surface area contributed by atoms with Crippen LogP contribution >= 0.6 is 0 Å². The molecule has 0 bridgehead atoms. The van der Waals surface area contributed by atoms with Crippen molar-refractivity contribution in [2.24, 2.45) is 5.73 Å². The second-order valence-corrected chi connectivity index (χ2v) is 9.33. The van der Waals surface area contributed by atoms with Crippen molar-refractivity contribution in [3.63, 3.8) is 0 Å². The van der Waals surface area contributed by atoms with E-state index >= 15 is 0 Å². The lowest BCUT2D eigenvalue weighted by Crippen LogP contribution is -2.41. The van der Waals surface area contributed by atoms with Crippen LogP contribution in [0.5, 0.6) is 5.75 Å². The van der Waals surface area contributed by atoms with Crippen LogP contribution in [0.3, 0.4) is 0 Å². The normalized spacial score (nSPS) is 17.4. The first-order chi connectivity index (χ1) is 16.4. The molecule has 34 heavy (non-hydrogen) atoms. The number of ether oxygens (including phenoxy) is 1. The predicted octanol–water partition coefficient (Wildman–Crippen LogP) is 5.02. The average molecular weight is 462 g/mol. The minimum atomic E-state index is -0.997. The molecular weight excluding hydrogens is 429 g/mol. The van der Waals surface area contributed by atoms with Gasteiger partial charge in [-0.3, -0.25) is 0 Å². The number of aryl methyl sites for hydroxylation is 1. The zero-order chi connectivity index (χ0) is 24.0. The van der Waals surface area contributed by atoms with Gasteiger partial charge in [0.15, 0.2) is 0 Å². The second kappa shape index (κ2) is 8.80. The first-order valence-electron chi connectivity index (χ1n) is 11.9. The number of halogens is 1. The number of rotatable bonds is 6. The minimum absolute atomic E-state index is 0.188. The maximum atomic E-state index is 14.2. The molecule has 0 aliphatic carbocycles. The molecule has 1 aromatic carbocycles. The van der Waals surface area contributed by atoms with E-state index in [1.807, 2.05) is 29.0 Å². The number of piperidine rings is 1. The summed E-state index contributed by atoms with van der Waals surface area (Å²) in [6.07, 6.45) is 3.18. The Morgan fingerprint density at radius 3 is 2.85 bits per heavy atom. The zero-order valence-corrected chi connectivity index (χ0v) is 20.1. The van der Waals surface area contributed by atoms with Crippen molar-refractivity contribution in [1.82, 2.24) is 18.9 Å². The molecule has 5 rings (SSSR count). The summed E-state index contributed by atoms with van der Waals surface area (Å²) in [4.78, 5) is 7.26. The van der Waals surface area contributed by atoms with E-state index in [-0.39, 0.29) is 12.6 Å². The second-order valence-electron chi connectivity index (χ2n) is 9.33. The monoisotopic (exact) mass is 461 g/mol. The average Bonchev–Trinajstić information content (AvgIpc) is 3.34. The van der Waals surface area contributed by atoms with E-state index in [0.29, 0.717) is 0 Å². The highest BCUT2D eigenvalue weighted by molar-refractivity contribution is 5.88. The van der Waals surface area contributed by atoms with Gasteiger partial charge in [0, 0.05) is 53.7 Å². The molecule has 1 saturated heterocycles. The molecule has 0 radical (unpaired) electrons. The van der Waals surface area contributed by atoms with Crippen LogP contribution in [-0.2, 0) is 6.54 Å². The van der Waals surface area contributed by atoms with Gasteiger partial charge < -0.3 is 24.3 Å². The zero-order valence-electron chi connectivity index (χ0n) is 20.1. The Kier molecular flexibility index (Phi) is 5.81. The van der Waals surface area contributed by atoms with Crippen LogP contribution in [0, 0.1) is 6.92 Å². The number of likely N-dealkylation sites (tertiary alicyclic amines) is 1. The number of methoxy groups -OCH3 is 1. The van der Waals surface area contributed by atoms with Crippen LogP contribution in [0.15, 0.2) is 49.2 Å². The van der Waals surface area contributed by atoms with Crippen LogP contribution in [0.2, 0.25) is 0 Å². The highest BCUT2D eigenvalue weighted by Crippen LogP contribution is 2.33. The Bertz CT molecular complexity index is 1370. The van der Waals surface area contributed by atoms with Gasteiger partial charge >= 0.3 is 0 Å². The SMILES string of the molecule is C=C(c1ccn2c(C)c(-c3cc4ccc(OC)cc4n3CC(C)F)nc2c1)N1CCC[C@@H](N)C1. The van der Waals surface area contributed by atoms with E-state index in [4.69, 9.17) is 15.5 Å². The minimum Gasteiger partial charge on any atom is -0.497 e. The molecule has 4 heterocycles. The van der Waals surface area contributed by atoms with Crippen molar-refractivity contribution in [1.29, 1.82) is 0 Å². The van der Waals surface area contributed by atoms with Crippen LogP contribution < -0.4 is 10.5 Å². The summed E-state index contributed by atoms with van der Waals surface area (Å²) in [7, 11) is 1.64. The fourth-order valence-electron chi connectivity index (χ4n) is 5.03. The molecule has 178 valence electrons. The molecule has 1 unspecified atom stereocenters. The molecule has 3 aromatic heterocycles. The lowest BCUT2D eigenvalue weighted by molar-refractivity contribution is 0.296. The van der Waals surface area contributed by atoms with Crippen molar-refractivity contribution in [3.8, 4) is 17.1 Å². The molecule has 0 spiro atoms. The highest BCUT2D eigenvalue weighted by Gasteiger charge is 2.21. The summed E-state index contributed by atoms with van der Waals surface area (Å²) < 4.78 is 23.7. The number of alkyl halides is 1. The number of pyridine rings is 1. The Balaban J connectivity index is 1.59.